The molecular weight excluding hydrogens is 411 g/mol. The van der Waals surface area contributed by atoms with E-state index in [1.165, 1.54) is 38.6 Å². The Morgan fingerprint density at radius 1 is 1.04 bits per heavy atom. The number of nitrogens with one attached hydrogen (secondary N) is 1. The number of rotatable bonds is 6. The van der Waals surface area contributed by atoms with E-state index in [-0.39, 0.29) is 20.0 Å². The topological polar surface area (TPSA) is 77.0 Å². The fraction of sp³-hybridized carbons (Fsp3) is 0.133. The standard InChI is InChI=1S/C15H13Cl3N2O4S/c1-23-13-6-3-9(14(18)15(13)24-2)8-19-20-25(21,22)10-4-5-11(16)12(17)7-10/h3-8,20H,1-2H3/b19-8+. The largest absolute Gasteiger partial charge is 0.493 e. The summed E-state index contributed by atoms with van der Waals surface area (Å²) in [7, 11) is -0.979. The van der Waals surface area contributed by atoms with Gasteiger partial charge < -0.3 is 9.47 Å². The van der Waals surface area contributed by atoms with Crippen LogP contribution in [0.4, 0.5) is 0 Å². The summed E-state index contributed by atoms with van der Waals surface area (Å²) in [5.74, 6) is 0.765. The zero-order chi connectivity index (χ0) is 18.6. The predicted molar refractivity (Wildman–Crippen MR) is 98.9 cm³/mol. The van der Waals surface area contributed by atoms with Crippen molar-refractivity contribution >= 4 is 51.0 Å². The quantitative estimate of drug-likeness (QED) is 0.563. The first-order valence-corrected chi connectivity index (χ1v) is 9.32. The molecule has 0 spiro atoms. The minimum atomic E-state index is -3.90. The fourth-order valence-corrected chi connectivity index (χ4v) is 3.33. The Bertz CT molecular complexity index is 917. The van der Waals surface area contributed by atoms with E-state index in [1.807, 2.05) is 0 Å². The summed E-state index contributed by atoms with van der Waals surface area (Å²) in [5.41, 5.74) is 0.441. The highest BCUT2D eigenvalue weighted by atomic mass is 35.5. The first kappa shape index (κ1) is 19.7. The van der Waals surface area contributed by atoms with Gasteiger partial charge in [-0.1, -0.05) is 34.8 Å². The van der Waals surface area contributed by atoms with Gasteiger partial charge in [0.15, 0.2) is 11.5 Å². The maximum atomic E-state index is 12.2. The molecule has 25 heavy (non-hydrogen) atoms. The van der Waals surface area contributed by atoms with E-state index in [1.54, 1.807) is 12.1 Å². The summed E-state index contributed by atoms with van der Waals surface area (Å²) in [4.78, 5) is 2.00. The van der Waals surface area contributed by atoms with Crippen molar-refractivity contribution in [2.45, 2.75) is 4.90 Å². The van der Waals surface area contributed by atoms with E-state index >= 15 is 0 Å². The van der Waals surface area contributed by atoms with Gasteiger partial charge in [0.1, 0.15) is 0 Å². The van der Waals surface area contributed by atoms with Crippen LogP contribution in [0.1, 0.15) is 5.56 Å². The van der Waals surface area contributed by atoms with E-state index < -0.39 is 10.0 Å². The number of halogens is 3. The Labute approximate surface area is 160 Å². The van der Waals surface area contributed by atoms with E-state index in [9.17, 15) is 8.42 Å². The van der Waals surface area contributed by atoms with Gasteiger partial charge in [-0.15, -0.1) is 0 Å². The molecule has 10 heteroatoms. The summed E-state index contributed by atoms with van der Waals surface area (Å²) in [6, 6.07) is 7.16. The second-order valence-electron chi connectivity index (χ2n) is 4.63. The first-order chi connectivity index (χ1) is 11.8. The molecule has 0 atom stereocenters. The molecule has 2 rings (SSSR count). The second kappa shape index (κ2) is 8.14. The highest BCUT2D eigenvalue weighted by Gasteiger charge is 2.15. The van der Waals surface area contributed by atoms with Gasteiger partial charge in [0.25, 0.3) is 10.0 Å². The summed E-state index contributed by atoms with van der Waals surface area (Å²) in [6.45, 7) is 0. The number of ether oxygens (including phenoxy) is 2. The monoisotopic (exact) mass is 422 g/mol. The molecule has 0 bridgehead atoms. The van der Waals surface area contributed by atoms with Gasteiger partial charge in [-0.3, -0.25) is 0 Å². The van der Waals surface area contributed by atoms with Crippen molar-refractivity contribution in [3.05, 3.63) is 51.0 Å². The normalized spacial score (nSPS) is 11.6. The molecule has 2 aromatic carbocycles. The van der Waals surface area contributed by atoms with Crippen LogP contribution >= 0.6 is 34.8 Å². The number of sulfonamides is 1. The molecule has 6 nitrogen and oxygen atoms in total. The molecule has 2 aromatic rings. The maximum absolute atomic E-state index is 12.2. The van der Waals surface area contributed by atoms with Gasteiger partial charge in [0.05, 0.1) is 40.4 Å². The van der Waals surface area contributed by atoms with E-state index in [0.29, 0.717) is 17.1 Å². The molecule has 0 heterocycles. The number of methoxy groups -OCH3 is 2. The number of nitrogens with zero attached hydrogens (tertiary/aromatic N) is 1. The third-order valence-electron chi connectivity index (χ3n) is 3.09. The molecule has 0 unspecified atom stereocenters. The number of benzene rings is 2. The van der Waals surface area contributed by atoms with Crippen molar-refractivity contribution in [1.82, 2.24) is 4.83 Å². The summed E-state index contributed by atoms with van der Waals surface area (Å²) in [5, 5.41) is 4.32. The lowest BCUT2D eigenvalue weighted by molar-refractivity contribution is 0.355. The van der Waals surface area contributed by atoms with Crippen molar-refractivity contribution in [2.75, 3.05) is 14.2 Å². The Balaban J connectivity index is 2.24. The van der Waals surface area contributed by atoms with Crippen LogP contribution in [0, 0.1) is 0 Å². The van der Waals surface area contributed by atoms with E-state index in [0.717, 1.165) is 0 Å². The molecule has 0 fully saturated rings. The molecule has 0 aliphatic rings. The Kier molecular flexibility index (Phi) is 6.40. The summed E-state index contributed by atoms with van der Waals surface area (Å²) in [6.07, 6.45) is 1.25. The fourth-order valence-electron chi connectivity index (χ4n) is 1.87. The third kappa shape index (κ3) is 4.49. The van der Waals surface area contributed by atoms with Gasteiger partial charge >= 0.3 is 0 Å². The summed E-state index contributed by atoms with van der Waals surface area (Å²) < 4.78 is 34.7. The van der Waals surface area contributed by atoms with Crippen molar-refractivity contribution in [2.24, 2.45) is 5.10 Å². The highest BCUT2D eigenvalue weighted by molar-refractivity contribution is 7.89. The van der Waals surface area contributed by atoms with E-state index in [4.69, 9.17) is 44.3 Å². The predicted octanol–water partition coefficient (Wildman–Crippen LogP) is 3.98. The molecule has 0 amide bonds. The molecule has 0 aliphatic carbocycles. The van der Waals surface area contributed by atoms with Crippen LogP contribution in [0.5, 0.6) is 11.5 Å². The highest BCUT2D eigenvalue weighted by Crippen LogP contribution is 2.36. The van der Waals surface area contributed by atoms with Gasteiger partial charge in [0, 0.05) is 5.56 Å². The average molecular weight is 424 g/mol. The summed E-state index contributed by atoms with van der Waals surface area (Å²) >= 11 is 17.8. The lowest BCUT2D eigenvalue weighted by Crippen LogP contribution is -2.18. The minimum absolute atomic E-state index is 0.0718. The van der Waals surface area contributed by atoms with Crippen LogP contribution in [0.2, 0.25) is 15.1 Å². The molecule has 1 N–H and O–H groups in total. The van der Waals surface area contributed by atoms with Crippen LogP contribution < -0.4 is 14.3 Å². The van der Waals surface area contributed by atoms with Crippen LogP contribution in [-0.2, 0) is 10.0 Å². The maximum Gasteiger partial charge on any atom is 0.276 e. The second-order valence-corrected chi connectivity index (χ2v) is 7.49. The van der Waals surface area contributed by atoms with Gasteiger partial charge in [-0.25, -0.2) is 4.83 Å². The molecule has 0 aromatic heterocycles. The SMILES string of the molecule is COc1ccc(/C=N/NS(=O)(=O)c2ccc(Cl)c(Cl)c2)c(Cl)c1OC. The molecular formula is C15H13Cl3N2O4S. The lowest BCUT2D eigenvalue weighted by Gasteiger charge is -2.10. The van der Waals surface area contributed by atoms with Crippen LogP contribution in [-0.4, -0.2) is 28.9 Å². The first-order valence-electron chi connectivity index (χ1n) is 6.70. The van der Waals surface area contributed by atoms with Crippen LogP contribution in [0.15, 0.2) is 40.3 Å². The number of hydrogen-bond acceptors (Lipinski definition) is 5. The number of hydrogen-bond donors (Lipinski definition) is 1. The smallest absolute Gasteiger partial charge is 0.276 e. The Morgan fingerprint density at radius 2 is 1.76 bits per heavy atom. The Morgan fingerprint density at radius 3 is 2.36 bits per heavy atom. The van der Waals surface area contributed by atoms with Crippen molar-refractivity contribution in [1.29, 1.82) is 0 Å². The van der Waals surface area contributed by atoms with Gasteiger partial charge in [-0.05, 0) is 30.3 Å². The van der Waals surface area contributed by atoms with Crippen molar-refractivity contribution < 1.29 is 17.9 Å². The molecule has 0 aliphatic heterocycles. The molecule has 0 saturated heterocycles. The molecule has 0 radical (unpaired) electrons. The van der Waals surface area contributed by atoms with Crippen LogP contribution in [0.25, 0.3) is 0 Å². The third-order valence-corrected chi connectivity index (χ3v) is 5.44. The average Bonchev–Trinajstić information content (AvgIpc) is 2.58. The zero-order valence-electron chi connectivity index (χ0n) is 13.1. The van der Waals surface area contributed by atoms with E-state index in [2.05, 4.69) is 9.93 Å². The Hall–Kier alpha value is -1.67. The lowest BCUT2D eigenvalue weighted by atomic mass is 10.2. The van der Waals surface area contributed by atoms with Crippen LogP contribution in [0.3, 0.4) is 0 Å². The molecule has 0 saturated carbocycles. The van der Waals surface area contributed by atoms with Crippen molar-refractivity contribution in [3.8, 4) is 11.5 Å². The number of hydrazone groups is 1. The van der Waals surface area contributed by atoms with Gasteiger partial charge in [0.2, 0.25) is 0 Å². The van der Waals surface area contributed by atoms with Crippen molar-refractivity contribution in [3.63, 3.8) is 0 Å². The minimum Gasteiger partial charge on any atom is -0.493 e. The molecule has 134 valence electrons. The van der Waals surface area contributed by atoms with Gasteiger partial charge in [-0.2, -0.15) is 13.5 Å². The zero-order valence-corrected chi connectivity index (χ0v) is 16.2.